The first-order chi connectivity index (χ1) is 15.0. The number of fused-ring (bicyclic) bond motifs is 1. The molecule has 0 bridgehead atoms. The average molecular weight is 439 g/mol. The van der Waals surface area contributed by atoms with Crippen molar-refractivity contribution in [1.82, 2.24) is 4.90 Å². The van der Waals surface area contributed by atoms with Crippen LogP contribution in [0.2, 0.25) is 0 Å². The van der Waals surface area contributed by atoms with Gasteiger partial charge in [0.15, 0.2) is 17.2 Å². The van der Waals surface area contributed by atoms with E-state index >= 15 is 0 Å². The van der Waals surface area contributed by atoms with E-state index in [9.17, 15) is 15.2 Å². The predicted molar refractivity (Wildman–Crippen MR) is 116 cm³/mol. The molecule has 160 valence electrons. The van der Waals surface area contributed by atoms with Crippen LogP contribution in [-0.4, -0.2) is 43.0 Å². The average Bonchev–Trinajstić information content (AvgIpc) is 3.17. The molecule has 0 saturated carbocycles. The number of ether oxygens (including phenoxy) is 3. The number of hydrogen-bond acceptors (Lipinski definition) is 7. The third-order valence-corrected chi connectivity index (χ3v) is 6.88. The summed E-state index contributed by atoms with van der Waals surface area (Å²) in [4.78, 5) is 14.6. The maximum atomic E-state index is 13.3. The molecule has 0 aliphatic carbocycles. The van der Waals surface area contributed by atoms with Gasteiger partial charge in [-0.2, -0.15) is 5.26 Å². The fourth-order valence-corrected chi connectivity index (χ4v) is 5.43. The zero-order chi connectivity index (χ0) is 22.2. The number of carbonyl (C=O) groups is 1. The van der Waals surface area contributed by atoms with Crippen molar-refractivity contribution in [3.8, 4) is 23.3 Å². The highest BCUT2D eigenvalue weighted by Crippen LogP contribution is 2.52. The van der Waals surface area contributed by atoms with E-state index in [-0.39, 0.29) is 24.0 Å². The maximum absolute atomic E-state index is 13.3. The van der Waals surface area contributed by atoms with Gasteiger partial charge in [-0.3, -0.25) is 9.69 Å². The van der Waals surface area contributed by atoms with Crippen molar-refractivity contribution >= 4 is 17.7 Å². The number of carbonyl (C=O) groups excluding carboxylic acids is 1. The third-order valence-electron chi connectivity index (χ3n) is 5.65. The van der Waals surface area contributed by atoms with Crippen molar-refractivity contribution in [1.29, 1.82) is 5.26 Å². The summed E-state index contributed by atoms with van der Waals surface area (Å²) in [7, 11) is 4.62. The standard InChI is InChI=1S/C23H22N2O5S/c1-28-16-6-4-5-14(9-16)17-11-21(26)25-22(18(17)12-24)31-13-23(25,27)15-7-8-19(29-2)20(10-15)30-3/h4-10,17,27H,11,13H2,1-3H3/t17-,23+/m0/s1. The number of amides is 1. The summed E-state index contributed by atoms with van der Waals surface area (Å²) in [6.07, 6.45) is 0.0791. The Morgan fingerprint density at radius 1 is 1.13 bits per heavy atom. The van der Waals surface area contributed by atoms with Gasteiger partial charge in [-0.15, -0.1) is 11.8 Å². The fraction of sp³-hybridized carbons (Fsp3) is 0.304. The van der Waals surface area contributed by atoms with E-state index in [1.54, 1.807) is 25.3 Å². The first-order valence-electron chi connectivity index (χ1n) is 9.65. The lowest BCUT2D eigenvalue weighted by Gasteiger charge is -2.38. The van der Waals surface area contributed by atoms with Crippen molar-refractivity contribution in [2.45, 2.75) is 18.1 Å². The molecule has 2 aromatic rings. The van der Waals surface area contributed by atoms with Crippen LogP contribution in [0.5, 0.6) is 17.2 Å². The molecule has 2 aromatic carbocycles. The Kier molecular flexibility index (Phi) is 5.56. The third kappa shape index (κ3) is 3.40. The predicted octanol–water partition coefficient (Wildman–Crippen LogP) is 3.36. The molecule has 7 nitrogen and oxygen atoms in total. The van der Waals surface area contributed by atoms with Crippen LogP contribution < -0.4 is 14.2 Å². The number of hydrogen-bond donors (Lipinski definition) is 1. The van der Waals surface area contributed by atoms with Gasteiger partial charge >= 0.3 is 0 Å². The van der Waals surface area contributed by atoms with E-state index in [1.807, 2.05) is 24.3 Å². The van der Waals surface area contributed by atoms with Crippen LogP contribution in [0.15, 0.2) is 53.1 Å². The Labute approximate surface area is 184 Å². The van der Waals surface area contributed by atoms with Crippen LogP contribution >= 0.6 is 11.8 Å². The Morgan fingerprint density at radius 3 is 2.58 bits per heavy atom. The monoisotopic (exact) mass is 438 g/mol. The Hall–Kier alpha value is -3.15. The lowest BCUT2D eigenvalue weighted by atomic mass is 9.85. The molecule has 4 rings (SSSR count). The summed E-state index contributed by atoms with van der Waals surface area (Å²) in [5.74, 6) is 1.21. The lowest BCUT2D eigenvalue weighted by molar-refractivity contribution is -0.149. The maximum Gasteiger partial charge on any atom is 0.231 e. The highest BCUT2D eigenvalue weighted by Gasteiger charge is 2.52. The van der Waals surface area contributed by atoms with Crippen molar-refractivity contribution < 1.29 is 24.1 Å². The quantitative estimate of drug-likeness (QED) is 0.765. The highest BCUT2D eigenvalue weighted by atomic mass is 32.2. The van der Waals surface area contributed by atoms with Crippen LogP contribution in [0.1, 0.15) is 23.5 Å². The summed E-state index contributed by atoms with van der Waals surface area (Å²) in [5.41, 5.74) is 0.212. The minimum absolute atomic E-state index is 0.0791. The molecule has 0 aromatic heterocycles. The normalized spacial score (nSPS) is 22.7. The molecule has 0 spiro atoms. The van der Waals surface area contributed by atoms with Gasteiger partial charge in [0.1, 0.15) is 5.75 Å². The molecular weight excluding hydrogens is 416 g/mol. The van der Waals surface area contributed by atoms with E-state index in [2.05, 4.69) is 6.07 Å². The van der Waals surface area contributed by atoms with Gasteiger partial charge < -0.3 is 19.3 Å². The number of nitrogens with zero attached hydrogens (tertiary/aromatic N) is 2. The molecule has 0 unspecified atom stereocenters. The minimum Gasteiger partial charge on any atom is -0.497 e. The molecule has 2 aliphatic heterocycles. The van der Waals surface area contributed by atoms with E-state index in [0.29, 0.717) is 33.4 Å². The second-order valence-electron chi connectivity index (χ2n) is 7.27. The minimum atomic E-state index is -1.59. The Balaban J connectivity index is 1.79. The smallest absolute Gasteiger partial charge is 0.231 e. The Bertz CT molecular complexity index is 1110. The van der Waals surface area contributed by atoms with Crippen LogP contribution in [0.3, 0.4) is 0 Å². The molecule has 1 fully saturated rings. The van der Waals surface area contributed by atoms with Crippen molar-refractivity contribution in [2.24, 2.45) is 0 Å². The zero-order valence-corrected chi connectivity index (χ0v) is 18.2. The molecular formula is C23H22N2O5S. The van der Waals surface area contributed by atoms with E-state index in [0.717, 1.165) is 5.56 Å². The number of rotatable bonds is 5. The number of aliphatic hydroxyl groups is 1. The second-order valence-corrected chi connectivity index (χ2v) is 8.23. The molecule has 8 heteroatoms. The summed E-state index contributed by atoms with van der Waals surface area (Å²) >= 11 is 1.31. The van der Waals surface area contributed by atoms with Gasteiger partial charge in [-0.1, -0.05) is 18.2 Å². The topological polar surface area (TPSA) is 92.0 Å². The first-order valence-corrected chi connectivity index (χ1v) is 10.6. The molecule has 2 aliphatic rings. The largest absolute Gasteiger partial charge is 0.497 e. The highest BCUT2D eigenvalue weighted by molar-refractivity contribution is 8.03. The number of allylic oxidation sites excluding steroid dienone is 1. The summed E-state index contributed by atoms with van der Waals surface area (Å²) in [5, 5.41) is 22.0. The lowest BCUT2D eigenvalue weighted by Crippen LogP contribution is -2.48. The Morgan fingerprint density at radius 2 is 1.90 bits per heavy atom. The van der Waals surface area contributed by atoms with E-state index in [4.69, 9.17) is 14.2 Å². The zero-order valence-electron chi connectivity index (χ0n) is 17.4. The number of benzene rings is 2. The number of methoxy groups -OCH3 is 3. The van der Waals surface area contributed by atoms with E-state index in [1.165, 1.54) is 30.9 Å². The summed E-state index contributed by atoms with van der Waals surface area (Å²) in [6.45, 7) is 0. The molecule has 0 radical (unpaired) electrons. The second kappa shape index (κ2) is 8.17. The van der Waals surface area contributed by atoms with E-state index < -0.39 is 5.72 Å². The number of thioether (sulfide) groups is 1. The molecule has 1 saturated heterocycles. The van der Waals surface area contributed by atoms with Crippen molar-refractivity contribution in [2.75, 3.05) is 27.1 Å². The van der Waals surface area contributed by atoms with Crippen LogP contribution in [0.25, 0.3) is 0 Å². The van der Waals surface area contributed by atoms with Gasteiger partial charge in [0.25, 0.3) is 0 Å². The molecule has 31 heavy (non-hydrogen) atoms. The van der Waals surface area contributed by atoms with Crippen LogP contribution in [0.4, 0.5) is 0 Å². The van der Waals surface area contributed by atoms with Gasteiger partial charge in [-0.25, -0.2) is 0 Å². The molecule has 2 atom stereocenters. The van der Waals surface area contributed by atoms with Gasteiger partial charge in [0.2, 0.25) is 5.91 Å². The van der Waals surface area contributed by atoms with Gasteiger partial charge in [0.05, 0.1) is 43.8 Å². The molecule has 1 N–H and O–H groups in total. The summed E-state index contributed by atoms with van der Waals surface area (Å²) in [6, 6.07) is 14.7. The number of nitriles is 1. The van der Waals surface area contributed by atoms with Crippen molar-refractivity contribution in [3.05, 3.63) is 64.2 Å². The van der Waals surface area contributed by atoms with Gasteiger partial charge in [-0.05, 0) is 29.8 Å². The van der Waals surface area contributed by atoms with Crippen molar-refractivity contribution in [3.63, 3.8) is 0 Å². The van der Waals surface area contributed by atoms with Crippen LogP contribution in [0, 0.1) is 11.3 Å². The fourth-order valence-electron chi connectivity index (χ4n) is 4.07. The van der Waals surface area contributed by atoms with Crippen LogP contribution in [-0.2, 0) is 10.5 Å². The molecule has 1 amide bonds. The summed E-state index contributed by atoms with van der Waals surface area (Å²) < 4.78 is 15.9. The van der Waals surface area contributed by atoms with Gasteiger partial charge in [0, 0.05) is 17.9 Å². The SMILES string of the molecule is COc1cccc([C@@H]2CC(=O)N3C(=C2C#N)SC[C@@]3(O)c2ccc(OC)c(OC)c2)c1. The first kappa shape index (κ1) is 21.1. The molecule has 2 heterocycles.